The van der Waals surface area contributed by atoms with Crippen LogP contribution in [0.15, 0.2) is 30.3 Å². The molecule has 41 heavy (non-hydrogen) atoms. The second-order valence-electron chi connectivity index (χ2n) is 12.8. The third-order valence-electron chi connectivity index (χ3n) is 7.35. The third kappa shape index (κ3) is 8.73. The predicted octanol–water partition coefficient (Wildman–Crippen LogP) is 8.41. The second-order valence-corrected chi connectivity index (χ2v) is 13.2. The van der Waals surface area contributed by atoms with E-state index in [0.717, 1.165) is 36.0 Å². The molecule has 0 bridgehead atoms. The number of benzene rings is 2. The molecule has 0 saturated heterocycles. The van der Waals surface area contributed by atoms with Gasteiger partial charge in [-0.1, -0.05) is 66.5 Å². The van der Waals surface area contributed by atoms with Crippen molar-refractivity contribution in [2.24, 2.45) is 0 Å². The first-order valence-corrected chi connectivity index (χ1v) is 14.0. The Morgan fingerprint density at radius 2 is 1.32 bits per heavy atom. The van der Waals surface area contributed by atoms with E-state index in [4.69, 9.17) is 12.2 Å². The maximum Gasteiger partial charge on any atom is 0.416 e. The van der Waals surface area contributed by atoms with Gasteiger partial charge in [-0.15, -0.1) is 0 Å². The Bertz CT molecular complexity index is 1210. The van der Waals surface area contributed by atoms with Gasteiger partial charge in [0, 0.05) is 29.9 Å². The lowest BCUT2D eigenvalue weighted by atomic mass is 9.79. The zero-order valence-corrected chi connectivity index (χ0v) is 25.0. The Morgan fingerprint density at radius 3 is 1.80 bits per heavy atom. The van der Waals surface area contributed by atoms with Crippen LogP contribution in [0, 0.1) is 0 Å². The quantitative estimate of drug-likeness (QED) is 0.204. The number of phenolic OH excluding ortho intramolecular Hbond substituents is 1. The van der Waals surface area contributed by atoms with Crippen LogP contribution in [0.3, 0.4) is 0 Å². The fourth-order valence-corrected chi connectivity index (χ4v) is 5.25. The highest BCUT2D eigenvalue weighted by Gasteiger charge is 2.37. The summed E-state index contributed by atoms with van der Waals surface area (Å²) in [5, 5.41) is 20.2. The van der Waals surface area contributed by atoms with E-state index in [0.29, 0.717) is 25.1 Å². The number of rotatable bonds is 5. The lowest BCUT2D eigenvalue weighted by molar-refractivity contribution is -0.143. The molecule has 0 radical (unpaired) electrons. The first kappa shape index (κ1) is 33.0. The van der Waals surface area contributed by atoms with Gasteiger partial charge < -0.3 is 21.1 Å². The van der Waals surface area contributed by atoms with E-state index in [2.05, 4.69) is 36.7 Å². The fourth-order valence-electron chi connectivity index (χ4n) is 4.99. The summed E-state index contributed by atoms with van der Waals surface area (Å²) in [7, 11) is 0. The van der Waals surface area contributed by atoms with E-state index in [1.54, 1.807) is 0 Å². The van der Waals surface area contributed by atoms with Crippen LogP contribution in [-0.4, -0.2) is 22.3 Å². The van der Waals surface area contributed by atoms with Crippen molar-refractivity contribution in [2.75, 3.05) is 5.32 Å². The molecule has 0 unspecified atom stereocenters. The van der Waals surface area contributed by atoms with E-state index < -0.39 is 29.2 Å². The Hall–Kier alpha value is -2.53. The van der Waals surface area contributed by atoms with E-state index in [-0.39, 0.29) is 39.8 Å². The molecule has 3 rings (SSSR count). The molecule has 0 aliphatic heterocycles. The first-order valence-electron chi connectivity index (χ1n) is 13.6. The average Bonchev–Trinajstić information content (AvgIpc) is 2.81. The Kier molecular flexibility index (Phi) is 9.64. The summed E-state index contributed by atoms with van der Waals surface area (Å²) < 4.78 is 79.6. The van der Waals surface area contributed by atoms with Gasteiger partial charge in [0.25, 0.3) is 0 Å². The third-order valence-corrected chi connectivity index (χ3v) is 7.57. The normalized spacial score (nSPS) is 18.7. The molecule has 1 saturated carbocycles. The number of alkyl halides is 6. The standard InChI is InChI=1S/C30H39F6N3OS/c1-27(2,3)18-11-17(25(40)22(15-18)28(4,5)6)16-37-23-9-7-8-10-24(23)39-26(41)38-21-13-19(29(31,32)33)12-20(14-21)30(34,35)36/h11-15,23-24,37,40H,7-10,16H2,1-6H3,(H2,38,39,41)/t23-,24-/m0/s1. The Balaban J connectivity index is 1.78. The van der Waals surface area contributed by atoms with E-state index in [1.165, 1.54) is 0 Å². The highest BCUT2D eigenvalue weighted by atomic mass is 32.1. The van der Waals surface area contributed by atoms with Crippen molar-refractivity contribution in [3.8, 4) is 5.75 Å². The highest BCUT2D eigenvalue weighted by molar-refractivity contribution is 7.80. The number of aromatic hydroxyl groups is 1. The molecular weight excluding hydrogens is 564 g/mol. The van der Waals surface area contributed by atoms with Crippen molar-refractivity contribution in [1.29, 1.82) is 0 Å². The van der Waals surface area contributed by atoms with Gasteiger partial charge in [-0.2, -0.15) is 26.3 Å². The van der Waals surface area contributed by atoms with E-state index in [1.807, 2.05) is 32.9 Å². The molecule has 228 valence electrons. The molecule has 4 nitrogen and oxygen atoms in total. The SMILES string of the molecule is CC(C)(C)c1cc(CN[C@H]2CCCC[C@@H]2NC(=S)Nc2cc(C(F)(F)F)cc(C(F)(F)F)c2)c(O)c(C(C)(C)C)c1. The fraction of sp³-hybridized carbons (Fsp3) is 0.567. The number of hydrogen-bond acceptors (Lipinski definition) is 3. The highest BCUT2D eigenvalue weighted by Crippen LogP contribution is 2.39. The Morgan fingerprint density at radius 1 is 0.780 bits per heavy atom. The van der Waals surface area contributed by atoms with Gasteiger partial charge >= 0.3 is 12.4 Å². The maximum absolute atomic E-state index is 13.3. The first-order chi connectivity index (χ1) is 18.7. The van der Waals surface area contributed by atoms with Crippen LogP contribution < -0.4 is 16.0 Å². The van der Waals surface area contributed by atoms with E-state index >= 15 is 0 Å². The number of hydrogen-bond donors (Lipinski definition) is 4. The largest absolute Gasteiger partial charge is 0.507 e. The topological polar surface area (TPSA) is 56.3 Å². The van der Waals surface area contributed by atoms with Crippen molar-refractivity contribution in [3.05, 3.63) is 58.1 Å². The monoisotopic (exact) mass is 603 g/mol. The minimum Gasteiger partial charge on any atom is -0.507 e. The van der Waals surface area contributed by atoms with Crippen molar-refractivity contribution in [3.63, 3.8) is 0 Å². The lowest BCUT2D eigenvalue weighted by Gasteiger charge is -2.34. The van der Waals surface area contributed by atoms with Gasteiger partial charge in [-0.3, -0.25) is 0 Å². The van der Waals surface area contributed by atoms with Crippen LogP contribution in [0.25, 0.3) is 0 Å². The van der Waals surface area contributed by atoms with Crippen molar-refractivity contribution >= 4 is 23.0 Å². The smallest absolute Gasteiger partial charge is 0.416 e. The Labute approximate surface area is 243 Å². The average molecular weight is 604 g/mol. The number of thiocarbonyl (C=S) groups is 1. The van der Waals surface area contributed by atoms with Crippen LogP contribution in [-0.2, 0) is 29.7 Å². The van der Waals surface area contributed by atoms with Crippen LogP contribution in [0.4, 0.5) is 32.0 Å². The molecule has 1 fully saturated rings. The summed E-state index contributed by atoms with van der Waals surface area (Å²) >= 11 is 5.31. The number of phenols is 1. The minimum absolute atomic E-state index is 0.0660. The van der Waals surface area contributed by atoms with Crippen molar-refractivity contribution in [2.45, 2.75) is 109 Å². The maximum atomic E-state index is 13.3. The summed E-state index contributed by atoms with van der Waals surface area (Å²) in [5.74, 6) is 0.237. The molecule has 2 atom stereocenters. The second kappa shape index (κ2) is 12.0. The number of halogens is 6. The molecule has 2 aromatic carbocycles. The van der Waals surface area contributed by atoms with Crippen LogP contribution in [0.1, 0.15) is 95.0 Å². The molecule has 0 aromatic heterocycles. The van der Waals surface area contributed by atoms with Crippen LogP contribution >= 0.6 is 12.2 Å². The zero-order chi connectivity index (χ0) is 31.0. The molecular formula is C30H39F6N3OS. The minimum atomic E-state index is -4.95. The van der Waals surface area contributed by atoms with Gasteiger partial charge in [0.2, 0.25) is 0 Å². The van der Waals surface area contributed by atoms with Gasteiger partial charge in [0.15, 0.2) is 5.11 Å². The molecule has 4 N–H and O–H groups in total. The molecule has 1 aliphatic carbocycles. The van der Waals surface area contributed by atoms with Crippen LogP contribution in [0.5, 0.6) is 5.75 Å². The number of anilines is 1. The molecule has 0 amide bonds. The molecule has 2 aromatic rings. The van der Waals surface area contributed by atoms with Gasteiger partial charge in [0.05, 0.1) is 11.1 Å². The molecule has 0 spiro atoms. The predicted molar refractivity (Wildman–Crippen MR) is 154 cm³/mol. The summed E-state index contributed by atoms with van der Waals surface area (Å²) in [6.07, 6.45) is -6.58. The molecule has 1 aliphatic rings. The summed E-state index contributed by atoms with van der Waals surface area (Å²) in [5.41, 5.74) is -0.930. The van der Waals surface area contributed by atoms with Gasteiger partial charge in [0.1, 0.15) is 5.75 Å². The summed E-state index contributed by atoms with van der Waals surface area (Å²) in [6, 6.07) is 5.04. The zero-order valence-electron chi connectivity index (χ0n) is 24.2. The van der Waals surface area contributed by atoms with Crippen molar-refractivity contribution < 1.29 is 31.4 Å². The van der Waals surface area contributed by atoms with Crippen LogP contribution in [0.2, 0.25) is 0 Å². The van der Waals surface area contributed by atoms with Crippen molar-refractivity contribution in [1.82, 2.24) is 10.6 Å². The van der Waals surface area contributed by atoms with Gasteiger partial charge in [-0.25, -0.2) is 0 Å². The lowest BCUT2D eigenvalue weighted by Crippen LogP contribution is -2.52. The molecule has 0 heterocycles. The summed E-state index contributed by atoms with van der Waals surface area (Å²) in [6.45, 7) is 12.8. The van der Waals surface area contributed by atoms with E-state index in [9.17, 15) is 31.4 Å². The van der Waals surface area contributed by atoms with Gasteiger partial charge in [-0.05, 0) is 65.2 Å². The molecule has 11 heteroatoms. The number of nitrogens with one attached hydrogen (secondary N) is 3. The summed E-state index contributed by atoms with van der Waals surface area (Å²) in [4.78, 5) is 0.